The lowest BCUT2D eigenvalue weighted by Gasteiger charge is -2.10. The van der Waals surface area contributed by atoms with Crippen molar-refractivity contribution in [1.29, 1.82) is 0 Å². The van der Waals surface area contributed by atoms with Crippen LogP contribution in [0.15, 0.2) is 35.5 Å². The van der Waals surface area contributed by atoms with Gasteiger partial charge >= 0.3 is 0 Å². The standard InChI is InChI=1S/C14H15N3O2S/c1-17-6-5-10-7-11(8-16-14(10)17)13-4-3-12(9-15-13)20(2,18)19/h3-4,7-9H,5-6H2,1-2H3. The summed E-state index contributed by atoms with van der Waals surface area (Å²) in [5.74, 6) is 1.02. The van der Waals surface area contributed by atoms with E-state index >= 15 is 0 Å². The van der Waals surface area contributed by atoms with Crippen molar-refractivity contribution in [3.05, 3.63) is 36.2 Å². The van der Waals surface area contributed by atoms with Gasteiger partial charge in [-0.3, -0.25) is 4.98 Å². The fourth-order valence-corrected chi connectivity index (χ4v) is 2.89. The van der Waals surface area contributed by atoms with Crippen LogP contribution >= 0.6 is 0 Å². The van der Waals surface area contributed by atoms with Gasteiger partial charge in [-0.25, -0.2) is 13.4 Å². The number of aromatic nitrogens is 2. The molecule has 0 N–H and O–H groups in total. The zero-order chi connectivity index (χ0) is 14.3. The fourth-order valence-electron chi connectivity index (χ4n) is 2.34. The molecule has 0 fully saturated rings. The summed E-state index contributed by atoms with van der Waals surface area (Å²) >= 11 is 0. The van der Waals surface area contributed by atoms with Crippen LogP contribution in [0.25, 0.3) is 11.3 Å². The number of hydrogen-bond acceptors (Lipinski definition) is 5. The average molecular weight is 289 g/mol. The van der Waals surface area contributed by atoms with Gasteiger partial charge in [0.05, 0.1) is 10.6 Å². The molecule has 1 aliphatic heterocycles. The van der Waals surface area contributed by atoms with Crippen LogP contribution in [-0.4, -0.2) is 38.2 Å². The fraction of sp³-hybridized carbons (Fsp3) is 0.286. The zero-order valence-electron chi connectivity index (χ0n) is 11.4. The van der Waals surface area contributed by atoms with Crippen LogP contribution in [0, 0.1) is 0 Å². The molecule has 3 heterocycles. The number of pyridine rings is 2. The van der Waals surface area contributed by atoms with Gasteiger partial charge in [-0.1, -0.05) is 0 Å². The Morgan fingerprint density at radius 1 is 1.20 bits per heavy atom. The van der Waals surface area contributed by atoms with Crippen LogP contribution in [0.2, 0.25) is 0 Å². The van der Waals surface area contributed by atoms with Crippen molar-refractivity contribution in [2.45, 2.75) is 11.3 Å². The average Bonchev–Trinajstić information content (AvgIpc) is 2.79. The van der Waals surface area contributed by atoms with Crippen molar-refractivity contribution in [3.63, 3.8) is 0 Å². The maximum Gasteiger partial charge on any atom is 0.177 e. The lowest BCUT2D eigenvalue weighted by molar-refractivity contribution is 0.601. The van der Waals surface area contributed by atoms with Gasteiger partial charge in [-0.2, -0.15) is 0 Å². The lowest BCUT2D eigenvalue weighted by atomic mass is 10.1. The Morgan fingerprint density at radius 2 is 2.00 bits per heavy atom. The van der Waals surface area contributed by atoms with Crippen LogP contribution < -0.4 is 4.90 Å². The van der Waals surface area contributed by atoms with E-state index in [1.54, 1.807) is 18.3 Å². The second kappa shape index (κ2) is 4.56. The summed E-state index contributed by atoms with van der Waals surface area (Å²) in [6.07, 6.45) is 5.33. The van der Waals surface area contributed by atoms with Crippen molar-refractivity contribution in [2.75, 3.05) is 24.7 Å². The summed E-state index contributed by atoms with van der Waals surface area (Å²) < 4.78 is 22.8. The molecule has 0 saturated heterocycles. The Hall–Kier alpha value is -1.95. The normalized spacial score (nSPS) is 14.4. The van der Waals surface area contributed by atoms with E-state index in [0.29, 0.717) is 0 Å². The first-order valence-electron chi connectivity index (χ1n) is 6.32. The molecule has 0 spiro atoms. The van der Waals surface area contributed by atoms with Gasteiger partial charge in [0.2, 0.25) is 0 Å². The Kier molecular flexibility index (Phi) is 2.97. The predicted molar refractivity (Wildman–Crippen MR) is 77.6 cm³/mol. The summed E-state index contributed by atoms with van der Waals surface area (Å²) in [5.41, 5.74) is 2.86. The summed E-state index contributed by atoms with van der Waals surface area (Å²) in [6.45, 7) is 0.978. The molecule has 1 aliphatic rings. The molecule has 0 aromatic carbocycles. The Labute approximate surface area is 118 Å². The van der Waals surface area contributed by atoms with Crippen LogP contribution in [0.1, 0.15) is 5.56 Å². The lowest BCUT2D eigenvalue weighted by Crippen LogP contribution is -2.13. The Bertz CT molecular complexity index is 754. The molecule has 2 aromatic rings. The molecule has 5 nitrogen and oxygen atoms in total. The summed E-state index contributed by atoms with van der Waals surface area (Å²) in [4.78, 5) is 11.0. The van der Waals surface area contributed by atoms with Crippen molar-refractivity contribution >= 4 is 15.7 Å². The minimum Gasteiger partial charge on any atom is -0.359 e. The van der Waals surface area contributed by atoms with E-state index in [1.165, 1.54) is 18.0 Å². The van der Waals surface area contributed by atoms with Gasteiger partial charge in [0.1, 0.15) is 5.82 Å². The molecular weight excluding hydrogens is 274 g/mol. The van der Waals surface area contributed by atoms with Crippen molar-refractivity contribution in [2.24, 2.45) is 0 Å². The molecule has 104 valence electrons. The van der Waals surface area contributed by atoms with E-state index in [0.717, 1.165) is 30.0 Å². The third kappa shape index (κ3) is 2.27. The minimum atomic E-state index is -3.20. The molecule has 0 atom stereocenters. The number of likely N-dealkylation sites (N-methyl/N-ethyl adjacent to an activating group) is 1. The first-order chi connectivity index (χ1) is 9.45. The second-order valence-corrected chi connectivity index (χ2v) is 7.05. The topological polar surface area (TPSA) is 63.2 Å². The van der Waals surface area contributed by atoms with Gasteiger partial charge < -0.3 is 4.90 Å². The van der Waals surface area contributed by atoms with E-state index in [1.807, 2.05) is 7.05 Å². The first-order valence-corrected chi connectivity index (χ1v) is 8.21. The third-order valence-corrected chi connectivity index (χ3v) is 4.58. The quantitative estimate of drug-likeness (QED) is 0.839. The summed E-state index contributed by atoms with van der Waals surface area (Å²) in [5, 5.41) is 0. The number of rotatable bonds is 2. The molecular formula is C14H15N3O2S. The molecule has 6 heteroatoms. The van der Waals surface area contributed by atoms with Crippen molar-refractivity contribution in [1.82, 2.24) is 9.97 Å². The molecule has 2 aromatic heterocycles. The number of sulfone groups is 1. The van der Waals surface area contributed by atoms with E-state index in [2.05, 4.69) is 20.9 Å². The molecule has 0 unspecified atom stereocenters. The van der Waals surface area contributed by atoms with Crippen LogP contribution in [0.3, 0.4) is 0 Å². The van der Waals surface area contributed by atoms with Gasteiger partial charge in [-0.05, 0) is 30.2 Å². The Morgan fingerprint density at radius 3 is 2.65 bits per heavy atom. The van der Waals surface area contributed by atoms with E-state index in [9.17, 15) is 8.42 Å². The summed E-state index contributed by atoms with van der Waals surface area (Å²) in [6, 6.07) is 5.38. The molecule has 0 saturated carbocycles. The highest BCUT2D eigenvalue weighted by atomic mass is 32.2. The number of fused-ring (bicyclic) bond motifs is 1. The molecule has 3 rings (SSSR count). The maximum absolute atomic E-state index is 11.4. The highest BCUT2D eigenvalue weighted by Gasteiger charge is 2.18. The van der Waals surface area contributed by atoms with Crippen molar-refractivity contribution in [3.8, 4) is 11.3 Å². The van der Waals surface area contributed by atoms with E-state index < -0.39 is 9.84 Å². The molecule has 0 radical (unpaired) electrons. The predicted octanol–water partition coefficient (Wildman–Crippen LogP) is 1.54. The largest absolute Gasteiger partial charge is 0.359 e. The number of anilines is 1. The third-order valence-electron chi connectivity index (χ3n) is 3.48. The molecule has 0 amide bonds. The monoisotopic (exact) mass is 289 g/mol. The van der Waals surface area contributed by atoms with Gasteiger partial charge in [-0.15, -0.1) is 0 Å². The second-order valence-electron chi connectivity index (χ2n) is 5.03. The maximum atomic E-state index is 11.4. The number of nitrogens with zero attached hydrogens (tertiary/aromatic N) is 3. The Balaban J connectivity index is 1.98. The molecule has 0 bridgehead atoms. The SMILES string of the molecule is CN1CCc2cc(-c3ccc(S(C)(=O)=O)cn3)cnc21. The first kappa shape index (κ1) is 13.1. The number of hydrogen-bond donors (Lipinski definition) is 0. The van der Waals surface area contributed by atoms with Crippen LogP contribution in [-0.2, 0) is 16.3 Å². The van der Waals surface area contributed by atoms with Crippen molar-refractivity contribution < 1.29 is 8.42 Å². The molecule has 0 aliphatic carbocycles. The van der Waals surface area contributed by atoms with Crippen LogP contribution in [0.5, 0.6) is 0 Å². The van der Waals surface area contributed by atoms with E-state index in [4.69, 9.17) is 0 Å². The minimum absolute atomic E-state index is 0.232. The van der Waals surface area contributed by atoms with Gasteiger partial charge in [0.25, 0.3) is 0 Å². The smallest absolute Gasteiger partial charge is 0.177 e. The molecule has 20 heavy (non-hydrogen) atoms. The van der Waals surface area contributed by atoms with Crippen LogP contribution in [0.4, 0.5) is 5.82 Å². The highest BCUT2D eigenvalue weighted by Crippen LogP contribution is 2.28. The van der Waals surface area contributed by atoms with E-state index in [-0.39, 0.29) is 4.90 Å². The van der Waals surface area contributed by atoms with Gasteiger partial charge in [0.15, 0.2) is 9.84 Å². The zero-order valence-corrected chi connectivity index (χ0v) is 12.2. The highest BCUT2D eigenvalue weighted by molar-refractivity contribution is 7.90. The summed E-state index contributed by atoms with van der Waals surface area (Å²) in [7, 11) is -1.18. The van der Waals surface area contributed by atoms with Gasteiger partial charge in [0, 0.05) is 37.8 Å².